The Morgan fingerprint density at radius 2 is 2.00 bits per heavy atom. The summed E-state index contributed by atoms with van der Waals surface area (Å²) >= 11 is 0. The highest BCUT2D eigenvalue weighted by atomic mass is 16.2. The molecule has 2 heterocycles. The number of nitrogens with zero attached hydrogens (tertiary/aromatic N) is 3. The molecular formula is C17H22N4O2. The van der Waals surface area contributed by atoms with Crippen LogP contribution in [0.5, 0.6) is 0 Å². The Morgan fingerprint density at radius 1 is 1.26 bits per heavy atom. The topological polar surface area (TPSA) is 71.6 Å². The fraction of sp³-hybridized carbons (Fsp3) is 0.412. The number of carbonyl (C=O) groups excluding carboxylic acids is 2. The van der Waals surface area contributed by atoms with Crippen molar-refractivity contribution in [2.75, 3.05) is 26.7 Å². The lowest BCUT2D eigenvalue weighted by molar-refractivity contribution is -0.137. The number of nitrogens with two attached hydrogens (primary N) is 1. The van der Waals surface area contributed by atoms with Crippen LogP contribution in [-0.4, -0.2) is 58.9 Å². The predicted molar refractivity (Wildman–Crippen MR) is 88.9 cm³/mol. The first-order valence-corrected chi connectivity index (χ1v) is 7.79. The summed E-state index contributed by atoms with van der Waals surface area (Å²) in [5.74, 6) is -0.360. The van der Waals surface area contributed by atoms with Crippen LogP contribution in [0.15, 0.2) is 30.3 Å². The van der Waals surface area contributed by atoms with E-state index in [1.54, 1.807) is 4.90 Å². The summed E-state index contributed by atoms with van der Waals surface area (Å²) in [4.78, 5) is 27.8. The van der Waals surface area contributed by atoms with Gasteiger partial charge in [-0.05, 0) is 31.5 Å². The number of likely N-dealkylation sites (N-methyl/N-ethyl adjacent to an activating group) is 1. The van der Waals surface area contributed by atoms with E-state index < -0.39 is 6.04 Å². The maximum Gasteiger partial charge on any atom is 0.242 e. The van der Waals surface area contributed by atoms with Gasteiger partial charge in [0.25, 0.3) is 0 Å². The van der Waals surface area contributed by atoms with Crippen LogP contribution in [0.4, 0.5) is 0 Å². The van der Waals surface area contributed by atoms with Crippen LogP contribution in [0.2, 0.25) is 0 Å². The summed E-state index contributed by atoms with van der Waals surface area (Å²) in [6.07, 6.45) is 0. The van der Waals surface area contributed by atoms with Crippen molar-refractivity contribution in [3.63, 3.8) is 0 Å². The third-order valence-electron chi connectivity index (χ3n) is 4.64. The van der Waals surface area contributed by atoms with Gasteiger partial charge in [0.15, 0.2) is 0 Å². The van der Waals surface area contributed by atoms with Crippen LogP contribution in [0.1, 0.15) is 5.69 Å². The zero-order chi connectivity index (χ0) is 16.6. The molecule has 1 aliphatic heterocycles. The molecule has 0 radical (unpaired) electrons. The number of benzene rings is 1. The first-order chi connectivity index (χ1) is 11.0. The number of piperazine rings is 1. The summed E-state index contributed by atoms with van der Waals surface area (Å²) in [6.45, 7) is 3.93. The number of hydrogen-bond acceptors (Lipinski definition) is 3. The van der Waals surface area contributed by atoms with Gasteiger partial charge in [-0.25, -0.2) is 0 Å². The molecule has 6 nitrogen and oxygen atoms in total. The highest BCUT2D eigenvalue weighted by molar-refractivity contribution is 5.85. The Labute approximate surface area is 135 Å². The number of para-hydroxylation sites is 1. The van der Waals surface area contributed by atoms with Crippen molar-refractivity contribution in [3.8, 4) is 0 Å². The zero-order valence-electron chi connectivity index (χ0n) is 13.5. The van der Waals surface area contributed by atoms with Crippen LogP contribution >= 0.6 is 0 Å². The number of rotatable bonds is 3. The molecule has 1 aliphatic rings. The minimum absolute atomic E-state index is 0.0220. The van der Waals surface area contributed by atoms with E-state index in [1.165, 1.54) is 0 Å². The Balaban J connectivity index is 1.78. The predicted octanol–water partition coefficient (Wildman–Crippen LogP) is 0.578. The summed E-state index contributed by atoms with van der Waals surface area (Å²) in [6, 6.07) is 9.70. The molecule has 2 N–H and O–H groups in total. The molecular weight excluding hydrogens is 292 g/mol. The van der Waals surface area contributed by atoms with Gasteiger partial charge in [-0.15, -0.1) is 0 Å². The standard InChI is InChI=1S/C17H22N4O2/c1-12-9-13-5-3-4-6-14(13)21(12)11-16(22)20-8-7-19(2)15(10-20)17(18)23/h3-6,9,15H,7-8,10-11H2,1-2H3,(H2,18,23)/t15-/m0/s1. The van der Waals surface area contributed by atoms with Crippen molar-refractivity contribution < 1.29 is 9.59 Å². The fourth-order valence-electron chi connectivity index (χ4n) is 3.20. The van der Waals surface area contributed by atoms with Crippen molar-refractivity contribution in [1.82, 2.24) is 14.4 Å². The lowest BCUT2D eigenvalue weighted by Crippen LogP contribution is -2.58. The van der Waals surface area contributed by atoms with Gasteiger partial charge in [0.05, 0.1) is 0 Å². The van der Waals surface area contributed by atoms with E-state index in [0.717, 1.165) is 16.6 Å². The average Bonchev–Trinajstić information content (AvgIpc) is 2.83. The van der Waals surface area contributed by atoms with Crippen LogP contribution < -0.4 is 5.73 Å². The lowest BCUT2D eigenvalue weighted by atomic mass is 10.1. The first-order valence-electron chi connectivity index (χ1n) is 7.79. The summed E-state index contributed by atoms with van der Waals surface area (Å²) in [5.41, 5.74) is 7.54. The van der Waals surface area contributed by atoms with E-state index in [-0.39, 0.29) is 18.4 Å². The number of primary amides is 1. The second kappa shape index (κ2) is 6.04. The third-order valence-corrected chi connectivity index (χ3v) is 4.64. The van der Waals surface area contributed by atoms with Gasteiger partial charge in [-0.2, -0.15) is 0 Å². The minimum Gasteiger partial charge on any atom is -0.368 e. The second-order valence-corrected chi connectivity index (χ2v) is 6.17. The number of amides is 2. The Kier molecular flexibility index (Phi) is 4.09. The first kappa shape index (κ1) is 15.6. The molecule has 1 atom stereocenters. The van der Waals surface area contributed by atoms with Crippen molar-refractivity contribution >= 4 is 22.7 Å². The number of fused-ring (bicyclic) bond motifs is 1. The summed E-state index contributed by atoms with van der Waals surface area (Å²) < 4.78 is 2.02. The normalized spacial score (nSPS) is 19.2. The molecule has 1 aromatic carbocycles. The number of carbonyl (C=O) groups is 2. The van der Waals surface area contributed by atoms with Gasteiger partial charge in [-0.1, -0.05) is 18.2 Å². The molecule has 3 rings (SSSR count). The molecule has 122 valence electrons. The van der Waals surface area contributed by atoms with Gasteiger partial charge in [-0.3, -0.25) is 14.5 Å². The maximum absolute atomic E-state index is 12.7. The van der Waals surface area contributed by atoms with E-state index >= 15 is 0 Å². The van der Waals surface area contributed by atoms with Gasteiger partial charge < -0.3 is 15.2 Å². The molecule has 2 aromatic rings. The van der Waals surface area contributed by atoms with Crippen LogP contribution in [0.25, 0.3) is 10.9 Å². The Bertz CT molecular complexity index is 752. The van der Waals surface area contributed by atoms with Crippen molar-refractivity contribution in [2.45, 2.75) is 19.5 Å². The van der Waals surface area contributed by atoms with E-state index in [0.29, 0.717) is 19.6 Å². The van der Waals surface area contributed by atoms with E-state index in [1.807, 2.05) is 47.7 Å². The second-order valence-electron chi connectivity index (χ2n) is 6.17. The molecule has 1 fully saturated rings. The summed E-state index contributed by atoms with van der Waals surface area (Å²) in [5, 5.41) is 1.13. The lowest BCUT2D eigenvalue weighted by Gasteiger charge is -2.37. The maximum atomic E-state index is 12.7. The monoisotopic (exact) mass is 314 g/mol. The zero-order valence-corrected chi connectivity index (χ0v) is 13.5. The van der Waals surface area contributed by atoms with Gasteiger partial charge in [0.1, 0.15) is 12.6 Å². The fourth-order valence-corrected chi connectivity index (χ4v) is 3.20. The largest absolute Gasteiger partial charge is 0.368 e. The molecule has 0 aliphatic carbocycles. The quantitative estimate of drug-likeness (QED) is 0.901. The molecule has 23 heavy (non-hydrogen) atoms. The van der Waals surface area contributed by atoms with Gasteiger partial charge >= 0.3 is 0 Å². The Hall–Kier alpha value is -2.34. The molecule has 0 unspecified atom stereocenters. The molecule has 0 spiro atoms. The summed E-state index contributed by atoms with van der Waals surface area (Å²) in [7, 11) is 1.86. The molecule has 1 aromatic heterocycles. The number of hydrogen-bond donors (Lipinski definition) is 1. The van der Waals surface area contributed by atoms with Crippen molar-refractivity contribution in [1.29, 1.82) is 0 Å². The van der Waals surface area contributed by atoms with Crippen LogP contribution in [0, 0.1) is 6.92 Å². The molecule has 6 heteroatoms. The smallest absolute Gasteiger partial charge is 0.242 e. The number of aromatic nitrogens is 1. The molecule has 2 amide bonds. The van der Waals surface area contributed by atoms with E-state index in [4.69, 9.17) is 5.73 Å². The third kappa shape index (κ3) is 2.94. The highest BCUT2D eigenvalue weighted by Crippen LogP contribution is 2.19. The van der Waals surface area contributed by atoms with E-state index in [9.17, 15) is 9.59 Å². The number of aryl methyl sites for hydroxylation is 1. The van der Waals surface area contributed by atoms with Gasteiger partial charge in [0, 0.05) is 30.8 Å². The van der Waals surface area contributed by atoms with Gasteiger partial charge in [0.2, 0.25) is 11.8 Å². The molecule has 0 bridgehead atoms. The average molecular weight is 314 g/mol. The molecule has 1 saturated heterocycles. The SMILES string of the molecule is Cc1cc2ccccc2n1CC(=O)N1CCN(C)[C@H](C(N)=O)C1. The van der Waals surface area contributed by atoms with E-state index in [2.05, 4.69) is 6.07 Å². The molecule has 0 saturated carbocycles. The van der Waals surface area contributed by atoms with Crippen LogP contribution in [-0.2, 0) is 16.1 Å². The Morgan fingerprint density at radius 3 is 2.74 bits per heavy atom. The van der Waals surface area contributed by atoms with Crippen molar-refractivity contribution in [3.05, 3.63) is 36.0 Å². The van der Waals surface area contributed by atoms with Crippen molar-refractivity contribution in [2.24, 2.45) is 5.73 Å². The minimum atomic E-state index is -0.407. The van der Waals surface area contributed by atoms with Crippen LogP contribution in [0.3, 0.4) is 0 Å². The highest BCUT2D eigenvalue weighted by Gasteiger charge is 2.30.